The Kier molecular flexibility index (Phi) is 3.87. The number of fused-ring (bicyclic) bond motifs is 2. The van der Waals surface area contributed by atoms with Crippen molar-refractivity contribution in [1.29, 1.82) is 0 Å². The van der Waals surface area contributed by atoms with E-state index in [1.54, 1.807) is 17.4 Å². The molecule has 0 aliphatic carbocycles. The number of nitrogens with zero attached hydrogens (tertiary/aromatic N) is 1. The second kappa shape index (κ2) is 6.52. The molecule has 1 aliphatic rings. The number of benzene rings is 3. The smallest absolute Gasteiger partial charge is 0.255 e. The lowest BCUT2D eigenvalue weighted by molar-refractivity contribution is 0.102. The molecule has 0 saturated heterocycles. The lowest BCUT2D eigenvalue weighted by Crippen LogP contribution is -2.11. The largest absolute Gasteiger partial charge is 0.493 e. The highest BCUT2D eigenvalue weighted by Crippen LogP contribution is 2.31. The lowest BCUT2D eigenvalue weighted by Gasteiger charge is -2.07. The van der Waals surface area contributed by atoms with Gasteiger partial charge in [-0.1, -0.05) is 12.1 Å². The van der Waals surface area contributed by atoms with Crippen molar-refractivity contribution in [3.63, 3.8) is 0 Å². The number of hydrogen-bond acceptors (Lipinski definition) is 4. The van der Waals surface area contributed by atoms with Crippen molar-refractivity contribution in [2.24, 2.45) is 0 Å². The number of para-hydroxylation sites is 1. The van der Waals surface area contributed by atoms with Gasteiger partial charge in [0, 0.05) is 23.2 Å². The van der Waals surface area contributed by atoms with Crippen molar-refractivity contribution < 1.29 is 9.53 Å². The van der Waals surface area contributed by atoms with Crippen molar-refractivity contribution >= 4 is 33.1 Å². The Morgan fingerprint density at radius 2 is 1.89 bits per heavy atom. The van der Waals surface area contributed by atoms with Crippen LogP contribution in [0.15, 0.2) is 66.7 Å². The maximum Gasteiger partial charge on any atom is 0.255 e. The molecule has 0 bridgehead atoms. The highest BCUT2D eigenvalue weighted by molar-refractivity contribution is 7.21. The minimum absolute atomic E-state index is 0.113. The summed E-state index contributed by atoms with van der Waals surface area (Å²) < 4.78 is 6.66. The van der Waals surface area contributed by atoms with E-state index < -0.39 is 0 Å². The predicted octanol–water partition coefficient (Wildman–Crippen LogP) is 5.15. The molecule has 1 aromatic heterocycles. The fourth-order valence-electron chi connectivity index (χ4n) is 3.22. The Bertz CT molecular complexity index is 1120. The normalized spacial score (nSPS) is 12.6. The highest BCUT2D eigenvalue weighted by atomic mass is 32.1. The lowest BCUT2D eigenvalue weighted by atomic mass is 10.1. The SMILES string of the molecule is O=C(Nc1ccc(-c2nc3ccccc3s2)cc1)c1ccc2c(c1)CCO2. The van der Waals surface area contributed by atoms with Crippen LogP contribution in [-0.2, 0) is 6.42 Å². The molecule has 1 N–H and O–H groups in total. The van der Waals surface area contributed by atoms with Crippen LogP contribution in [0.1, 0.15) is 15.9 Å². The van der Waals surface area contributed by atoms with Gasteiger partial charge in [-0.25, -0.2) is 4.98 Å². The summed E-state index contributed by atoms with van der Waals surface area (Å²) in [5.74, 6) is 0.768. The van der Waals surface area contributed by atoms with Gasteiger partial charge in [-0.05, 0) is 60.2 Å². The second-order valence-electron chi connectivity index (χ2n) is 6.44. The first-order valence-corrected chi connectivity index (χ1v) is 9.61. The molecule has 5 rings (SSSR count). The fourth-order valence-corrected chi connectivity index (χ4v) is 4.19. The van der Waals surface area contributed by atoms with Gasteiger partial charge in [0.15, 0.2) is 0 Å². The highest BCUT2D eigenvalue weighted by Gasteiger charge is 2.15. The van der Waals surface area contributed by atoms with Crippen molar-refractivity contribution in [2.45, 2.75) is 6.42 Å². The molecule has 1 aliphatic heterocycles. The molecular formula is C22H16N2O2S. The van der Waals surface area contributed by atoms with E-state index in [4.69, 9.17) is 4.74 Å². The maximum absolute atomic E-state index is 12.5. The Labute approximate surface area is 160 Å². The van der Waals surface area contributed by atoms with Gasteiger partial charge in [-0.2, -0.15) is 0 Å². The van der Waals surface area contributed by atoms with Gasteiger partial charge < -0.3 is 10.1 Å². The Hall–Kier alpha value is -3.18. The summed E-state index contributed by atoms with van der Waals surface area (Å²) in [5, 5.41) is 3.94. The minimum atomic E-state index is -0.113. The van der Waals surface area contributed by atoms with Gasteiger partial charge in [-0.3, -0.25) is 4.79 Å². The summed E-state index contributed by atoms with van der Waals surface area (Å²) in [4.78, 5) is 17.2. The predicted molar refractivity (Wildman–Crippen MR) is 109 cm³/mol. The van der Waals surface area contributed by atoms with E-state index in [0.29, 0.717) is 12.2 Å². The van der Waals surface area contributed by atoms with E-state index in [1.807, 2.05) is 54.6 Å². The fraction of sp³-hybridized carbons (Fsp3) is 0.0909. The number of nitrogens with one attached hydrogen (secondary N) is 1. The number of amides is 1. The quantitative estimate of drug-likeness (QED) is 0.541. The molecule has 4 aromatic rings. The van der Waals surface area contributed by atoms with Crippen LogP contribution in [0.25, 0.3) is 20.8 Å². The number of carbonyl (C=O) groups excluding carboxylic acids is 1. The average molecular weight is 372 g/mol. The van der Waals surface area contributed by atoms with Crippen LogP contribution in [0.4, 0.5) is 5.69 Å². The number of ether oxygens (including phenoxy) is 1. The monoisotopic (exact) mass is 372 g/mol. The van der Waals surface area contributed by atoms with Gasteiger partial charge in [-0.15, -0.1) is 11.3 Å². The molecule has 0 spiro atoms. The summed E-state index contributed by atoms with van der Waals surface area (Å²) in [5.41, 5.74) is 4.56. The summed E-state index contributed by atoms with van der Waals surface area (Å²) in [6.07, 6.45) is 0.854. The molecule has 0 radical (unpaired) electrons. The molecule has 0 unspecified atom stereocenters. The summed E-state index contributed by atoms with van der Waals surface area (Å²) in [7, 11) is 0. The van der Waals surface area contributed by atoms with E-state index in [-0.39, 0.29) is 5.91 Å². The van der Waals surface area contributed by atoms with Crippen LogP contribution in [0, 0.1) is 0 Å². The summed E-state index contributed by atoms with van der Waals surface area (Å²) in [6.45, 7) is 0.688. The molecule has 132 valence electrons. The van der Waals surface area contributed by atoms with Crippen molar-refractivity contribution in [1.82, 2.24) is 4.98 Å². The van der Waals surface area contributed by atoms with Crippen LogP contribution >= 0.6 is 11.3 Å². The first kappa shape index (κ1) is 16.0. The van der Waals surface area contributed by atoms with E-state index in [2.05, 4.69) is 16.4 Å². The van der Waals surface area contributed by atoms with E-state index in [9.17, 15) is 4.79 Å². The molecule has 3 aromatic carbocycles. The van der Waals surface area contributed by atoms with E-state index in [0.717, 1.165) is 39.5 Å². The van der Waals surface area contributed by atoms with Crippen LogP contribution in [0.5, 0.6) is 5.75 Å². The Morgan fingerprint density at radius 3 is 2.74 bits per heavy atom. The topological polar surface area (TPSA) is 51.2 Å². The first-order chi connectivity index (χ1) is 13.3. The number of aromatic nitrogens is 1. The second-order valence-corrected chi connectivity index (χ2v) is 7.47. The van der Waals surface area contributed by atoms with Gasteiger partial charge >= 0.3 is 0 Å². The van der Waals surface area contributed by atoms with Crippen molar-refractivity contribution in [3.8, 4) is 16.3 Å². The van der Waals surface area contributed by atoms with Gasteiger partial charge in [0.1, 0.15) is 10.8 Å². The maximum atomic E-state index is 12.5. The van der Waals surface area contributed by atoms with Crippen LogP contribution < -0.4 is 10.1 Å². The minimum Gasteiger partial charge on any atom is -0.493 e. The molecule has 27 heavy (non-hydrogen) atoms. The molecule has 1 amide bonds. The first-order valence-electron chi connectivity index (χ1n) is 8.79. The average Bonchev–Trinajstić information content (AvgIpc) is 3.34. The zero-order chi connectivity index (χ0) is 18.2. The van der Waals surface area contributed by atoms with Gasteiger partial charge in [0.2, 0.25) is 0 Å². The number of anilines is 1. The number of hydrogen-bond donors (Lipinski definition) is 1. The molecule has 5 heteroatoms. The number of rotatable bonds is 3. The third-order valence-electron chi connectivity index (χ3n) is 4.64. The van der Waals surface area contributed by atoms with E-state index in [1.165, 1.54) is 4.70 Å². The molecule has 0 atom stereocenters. The molecule has 0 fully saturated rings. The molecule has 4 nitrogen and oxygen atoms in total. The van der Waals surface area contributed by atoms with E-state index >= 15 is 0 Å². The standard InChI is InChI=1S/C22H16N2O2S/c25-21(16-7-10-19-15(13-16)11-12-26-19)23-17-8-5-14(6-9-17)22-24-18-3-1-2-4-20(18)27-22/h1-10,13H,11-12H2,(H,23,25). The number of thiazole rings is 1. The third-order valence-corrected chi connectivity index (χ3v) is 5.72. The van der Waals surface area contributed by atoms with Crippen LogP contribution in [-0.4, -0.2) is 17.5 Å². The van der Waals surface area contributed by atoms with Crippen molar-refractivity contribution in [2.75, 3.05) is 11.9 Å². The molecule has 0 saturated carbocycles. The molecule has 2 heterocycles. The zero-order valence-corrected chi connectivity index (χ0v) is 15.3. The Morgan fingerprint density at radius 1 is 1.04 bits per heavy atom. The van der Waals surface area contributed by atoms with Gasteiger partial charge in [0.25, 0.3) is 5.91 Å². The van der Waals surface area contributed by atoms with Crippen LogP contribution in [0.2, 0.25) is 0 Å². The summed E-state index contributed by atoms with van der Waals surface area (Å²) in [6, 6.07) is 21.5. The molecular weight excluding hydrogens is 356 g/mol. The third kappa shape index (κ3) is 3.06. The zero-order valence-electron chi connectivity index (χ0n) is 14.4. The van der Waals surface area contributed by atoms with Gasteiger partial charge in [0.05, 0.1) is 16.8 Å². The Balaban J connectivity index is 1.35. The van der Waals surface area contributed by atoms with Crippen molar-refractivity contribution in [3.05, 3.63) is 77.9 Å². The number of carbonyl (C=O) groups is 1. The van der Waals surface area contributed by atoms with Crippen LogP contribution in [0.3, 0.4) is 0 Å². The summed E-state index contributed by atoms with van der Waals surface area (Å²) >= 11 is 1.67.